The van der Waals surface area contributed by atoms with Gasteiger partial charge in [0.15, 0.2) is 0 Å². The molecule has 4 N–H and O–H groups in total. The van der Waals surface area contributed by atoms with E-state index in [0.717, 1.165) is 0 Å². The molecule has 0 aliphatic carbocycles. The zero-order chi connectivity index (χ0) is 14.0. The highest BCUT2D eigenvalue weighted by atomic mass is 16.3. The summed E-state index contributed by atoms with van der Waals surface area (Å²) < 4.78 is 0. The van der Waals surface area contributed by atoms with E-state index in [1.807, 2.05) is 0 Å². The number of para-hydroxylation sites is 2. The third-order valence-electron chi connectivity index (χ3n) is 2.81. The van der Waals surface area contributed by atoms with Crippen molar-refractivity contribution in [3.63, 3.8) is 0 Å². The molecule has 0 fully saturated rings. The van der Waals surface area contributed by atoms with Gasteiger partial charge in [-0.05, 0) is 30.3 Å². The number of hydrogen-bond donors (Lipinski definition) is 3. The van der Waals surface area contributed by atoms with Crippen molar-refractivity contribution in [2.75, 3.05) is 17.7 Å². The van der Waals surface area contributed by atoms with Crippen LogP contribution < -0.4 is 10.6 Å². The number of phenols is 2. The minimum Gasteiger partial charge on any atom is -0.508 e. The molecule has 0 bridgehead atoms. The molecule has 1 amide bonds. The number of nitrogen functional groups attached to an aromatic ring is 1. The van der Waals surface area contributed by atoms with Crippen molar-refractivity contribution < 1.29 is 15.0 Å². The molecular weight excluding hydrogens is 244 g/mol. The number of hydrogen-bond acceptors (Lipinski definition) is 4. The largest absolute Gasteiger partial charge is 0.508 e. The molecular formula is C14H14N2O3. The van der Waals surface area contributed by atoms with Crippen LogP contribution in [0.5, 0.6) is 11.5 Å². The minimum atomic E-state index is -0.452. The molecule has 0 aliphatic heterocycles. The van der Waals surface area contributed by atoms with Gasteiger partial charge in [-0.2, -0.15) is 0 Å². The molecule has 0 aliphatic rings. The summed E-state index contributed by atoms with van der Waals surface area (Å²) in [7, 11) is 1.55. The predicted octanol–water partition coefficient (Wildman–Crippen LogP) is 1.96. The maximum absolute atomic E-state index is 12.3. The molecule has 0 saturated carbocycles. The predicted molar refractivity (Wildman–Crippen MR) is 73.4 cm³/mol. The monoisotopic (exact) mass is 258 g/mol. The van der Waals surface area contributed by atoms with Crippen LogP contribution in [0, 0.1) is 0 Å². The Balaban J connectivity index is 2.39. The molecule has 19 heavy (non-hydrogen) atoms. The summed E-state index contributed by atoms with van der Waals surface area (Å²) in [5.41, 5.74) is 6.81. The zero-order valence-electron chi connectivity index (χ0n) is 10.4. The Bertz CT molecular complexity index is 626. The number of phenolic OH excluding ortho intramolecular Hbond substituents is 2. The Morgan fingerprint density at radius 3 is 2.53 bits per heavy atom. The number of rotatable bonds is 2. The quantitative estimate of drug-likeness (QED) is 0.567. The Kier molecular flexibility index (Phi) is 3.29. The Morgan fingerprint density at radius 1 is 1.16 bits per heavy atom. The molecule has 0 atom stereocenters. The number of nitrogens with two attached hydrogens (primary N) is 1. The van der Waals surface area contributed by atoms with Crippen molar-refractivity contribution in [2.24, 2.45) is 0 Å². The van der Waals surface area contributed by atoms with Gasteiger partial charge in [0.05, 0.1) is 16.9 Å². The summed E-state index contributed by atoms with van der Waals surface area (Å²) in [6, 6.07) is 10.7. The standard InChI is InChI=1S/C14H14N2O3/c1-16(12-5-3-2-4-11(12)15)14(19)10-8-9(17)6-7-13(10)18/h2-8,17-18H,15H2,1H3. The van der Waals surface area contributed by atoms with Crippen LogP contribution in [0.1, 0.15) is 10.4 Å². The van der Waals surface area contributed by atoms with E-state index in [-0.39, 0.29) is 17.1 Å². The lowest BCUT2D eigenvalue weighted by Gasteiger charge is -2.19. The summed E-state index contributed by atoms with van der Waals surface area (Å²) in [6.07, 6.45) is 0. The van der Waals surface area contributed by atoms with Gasteiger partial charge in [-0.1, -0.05) is 12.1 Å². The topological polar surface area (TPSA) is 86.8 Å². The molecule has 0 spiro atoms. The normalized spacial score (nSPS) is 10.2. The van der Waals surface area contributed by atoms with Gasteiger partial charge in [0.25, 0.3) is 5.91 Å². The summed E-state index contributed by atoms with van der Waals surface area (Å²) in [5.74, 6) is -0.731. The van der Waals surface area contributed by atoms with E-state index in [9.17, 15) is 15.0 Å². The summed E-state index contributed by atoms with van der Waals surface area (Å²) in [4.78, 5) is 13.6. The van der Waals surface area contributed by atoms with Crippen molar-refractivity contribution >= 4 is 17.3 Å². The number of benzene rings is 2. The summed E-state index contributed by atoms with van der Waals surface area (Å²) >= 11 is 0. The van der Waals surface area contributed by atoms with Gasteiger partial charge in [-0.15, -0.1) is 0 Å². The van der Waals surface area contributed by atoms with Gasteiger partial charge in [-0.25, -0.2) is 0 Å². The van der Waals surface area contributed by atoms with Gasteiger partial charge < -0.3 is 20.8 Å². The van der Waals surface area contributed by atoms with Gasteiger partial charge in [0.2, 0.25) is 0 Å². The smallest absolute Gasteiger partial charge is 0.261 e. The van der Waals surface area contributed by atoms with Crippen LogP contribution >= 0.6 is 0 Å². The van der Waals surface area contributed by atoms with E-state index < -0.39 is 5.91 Å². The molecule has 98 valence electrons. The number of nitrogens with zero attached hydrogens (tertiary/aromatic N) is 1. The number of anilines is 2. The molecule has 0 unspecified atom stereocenters. The highest BCUT2D eigenvalue weighted by Crippen LogP contribution is 2.27. The second-order valence-electron chi connectivity index (χ2n) is 4.12. The van der Waals surface area contributed by atoms with Crippen molar-refractivity contribution in [3.8, 4) is 11.5 Å². The first-order valence-corrected chi connectivity index (χ1v) is 5.65. The molecule has 5 nitrogen and oxygen atoms in total. The van der Waals surface area contributed by atoms with Crippen LogP contribution in [0.2, 0.25) is 0 Å². The maximum Gasteiger partial charge on any atom is 0.261 e. The van der Waals surface area contributed by atoms with Crippen molar-refractivity contribution in [1.29, 1.82) is 0 Å². The van der Waals surface area contributed by atoms with Gasteiger partial charge in [0, 0.05) is 7.05 Å². The van der Waals surface area contributed by atoms with Crippen molar-refractivity contribution in [1.82, 2.24) is 0 Å². The molecule has 5 heteroatoms. The molecule has 0 heterocycles. The van der Waals surface area contributed by atoms with Crippen LogP contribution in [0.25, 0.3) is 0 Å². The van der Waals surface area contributed by atoms with Crippen LogP contribution in [-0.4, -0.2) is 23.2 Å². The Hall–Kier alpha value is -2.69. The fraction of sp³-hybridized carbons (Fsp3) is 0.0714. The second-order valence-corrected chi connectivity index (χ2v) is 4.12. The SMILES string of the molecule is CN(C(=O)c1cc(O)ccc1O)c1ccccc1N. The molecule has 2 aromatic carbocycles. The van der Waals surface area contributed by atoms with Crippen LogP contribution in [0.15, 0.2) is 42.5 Å². The molecule has 0 aromatic heterocycles. The van der Waals surface area contributed by atoms with Crippen LogP contribution in [0.4, 0.5) is 11.4 Å². The van der Waals surface area contributed by atoms with Gasteiger partial charge >= 0.3 is 0 Å². The van der Waals surface area contributed by atoms with Crippen molar-refractivity contribution in [2.45, 2.75) is 0 Å². The van der Waals surface area contributed by atoms with E-state index in [0.29, 0.717) is 11.4 Å². The zero-order valence-corrected chi connectivity index (χ0v) is 10.4. The van der Waals surface area contributed by atoms with E-state index in [4.69, 9.17) is 5.73 Å². The van der Waals surface area contributed by atoms with Crippen LogP contribution in [-0.2, 0) is 0 Å². The fourth-order valence-corrected chi connectivity index (χ4v) is 1.78. The van der Waals surface area contributed by atoms with Crippen molar-refractivity contribution in [3.05, 3.63) is 48.0 Å². The molecule has 0 saturated heterocycles. The number of carbonyl (C=O) groups excluding carboxylic acids is 1. The van der Waals surface area contributed by atoms with Gasteiger partial charge in [0.1, 0.15) is 11.5 Å². The highest BCUT2D eigenvalue weighted by molar-refractivity contribution is 6.09. The maximum atomic E-state index is 12.3. The minimum absolute atomic E-state index is 0.0192. The average molecular weight is 258 g/mol. The molecule has 2 aromatic rings. The van der Waals surface area contributed by atoms with E-state index in [2.05, 4.69) is 0 Å². The Labute approximate surface area is 110 Å². The first-order chi connectivity index (χ1) is 9.00. The lowest BCUT2D eigenvalue weighted by molar-refractivity contribution is 0.0990. The second kappa shape index (κ2) is 4.89. The van der Waals surface area contributed by atoms with E-state index >= 15 is 0 Å². The van der Waals surface area contributed by atoms with Crippen LogP contribution in [0.3, 0.4) is 0 Å². The highest BCUT2D eigenvalue weighted by Gasteiger charge is 2.19. The number of aromatic hydroxyl groups is 2. The summed E-state index contributed by atoms with van der Waals surface area (Å²) in [5, 5.41) is 19.1. The first kappa shape index (κ1) is 12.8. The fourth-order valence-electron chi connectivity index (χ4n) is 1.78. The number of carbonyl (C=O) groups is 1. The van der Waals surface area contributed by atoms with E-state index in [1.54, 1.807) is 31.3 Å². The average Bonchev–Trinajstić information content (AvgIpc) is 2.40. The lowest BCUT2D eigenvalue weighted by Crippen LogP contribution is -2.27. The number of amides is 1. The lowest BCUT2D eigenvalue weighted by atomic mass is 10.1. The third kappa shape index (κ3) is 2.44. The molecule has 0 radical (unpaired) electrons. The third-order valence-corrected chi connectivity index (χ3v) is 2.81. The van der Waals surface area contributed by atoms with E-state index in [1.165, 1.54) is 23.1 Å². The Morgan fingerprint density at radius 2 is 1.84 bits per heavy atom. The first-order valence-electron chi connectivity index (χ1n) is 5.65. The summed E-state index contributed by atoms with van der Waals surface area (Å²) in [6.45, 7) is 0. The van der Waals surface area contributed by atoms with Gasteiger partial charge in [-0.3, -0.25) is 4.79 Å². The molecule has 2 rings (SSSR count).